The number of halogens is 1. The summed E-state index contributed by atoms with van der Waals surface area (Å²) in [7, 11) is 0. The van der Waals surface area contributed by atoms with E-state index in [1.54, 1.807) is 0 Å². The number of ether oxygens (including phenoxy) is 4. The van der Waals surface area contributed by atoms with E-state index >= 15 is 0 Å². The van der Waals surface area contributed by atoms with Crippen LogP contribution >= 0.6 is 0 Å². The minimum atomic E-state index is -1.46. The molecule has 0 aromatic rings. The van der Waals surface area contributed by atoms with Crippen molar-refractivity contribution in [2.75, 3.05) is 19.8 Å². The molecule has 1 aliphatic rings. The van der Waals surface area contributed by atoms with Crippen molar-refractivity contribution in [1.29, 1.82) is 0 Å². The number of rotatable bonds is 12. The van der Waals surface area contributed by atoms with E-state index in [2.05, 4.69) is 20.8 Å². The monoisotopic (exact) mass is 334 g/mol. The molecule has 0 amide bonds. The molecule has 1 aliphatic heterocycles. The summed E-state index contributed by atoms with van der Waals surface area (Å²) in [5, 5.41) is 0. The minimum Gasteiger partial charge on any atom is -0.373 e. The fourth-order valence-electron chi connectivity index (χ4n) is 2.64. The van der Waals surface area contributed by atoms with E-state index in [0.29, 0.717) is 19.8 Å². The van der Waals surface area contributed by atoms with E-state index in [0.717, 1.165) is 38.5 Å². The third-order valence-corrected chi connectivity index (χ3v) is 4.14. The summed E-state index contributed by atoms with van der Waals surface area (Å²) < 4.78 is 37.5. The highest BCUT2D eigenvalue weighted by Gasteiger charge is 2.46. The molecule has 1 fully saturated rings. The van der Waals surface area contributed by atoms with E-state index in [1.165, 1.54) is 0 Å². The maximum absolute atomic E-state index is 14.4. The van der Waals surface area contributed by atoms with E-state index in [9.17, 15) is 4.39 Å². The fourth-order valence-corrected chi connectivity index (χ4v) is 2.64. The summed E-state index contributed by atoms with van der Waals surface area (Å²) in [5.74, 6) is 0. The van der Waals surface area contributed by atoms with Gasteiger partial charge in [0.05, 0.1) is 6.10 Å². The Morgan fingerprint density at radius 3 is 1.65 bits per heavy atom. The topological polar surface area (TPSA) is 36.9 Å². The Morgan fingerprint density at radius 1 is 0.739 bits per heavy atom. The van der Waals surface area contributed by atoms with Gasteiger partial charge in [0.15, 0.2) is 0 Å². The highest BCUT2D eigenvalue weighted by molar-refractivity contribution is 4.90. The standard InChI is InChI=1S/C18H35FO4/c1-5-8-11-20-15-14(4)23-18(19)17(22-13-10-7-3)16(15)21-12-9-6-2/h14-18H,5-13H2,1-4H3/t14?,15-,16?,17+,18+/m1/s1. The van der Waals surface area contributed by atoms with Crippen LogP contribution in [0.25, 0.3) is 0 Å². The van der Waals surface area contributed by atoms with Crippen molar-refractivity contribution in [3.63, 3.8) is 0 Å². The fraction of sp³-hybridized carbons (Fsp3) is 1.00. The molecule has 138 valence electrons. The molecule has 5 atom stereocenters. The molecule has 1 heterocycles. The van der Waals surface area contributed by atoms with Gasteiger partial charge in [-0.3, -0.25) is 0 Å². The molecule has 1 rings (SSSR count). The third kappa shape index (κ3) is 7.04. The molecule has 2 unspecified atom stereocenters. The van der Waals surface area contributed by atoms with Crippen molar-refractivity contribution < 1.29 is 23.3 Å². The lowest BCUT2D eigenvalue weighted by Crippen LogP contribution is -2.58. The number of alkyl halides is 1. The van der Waals surface area contributed by atoms with Crippen LogP contribution in [0.3, 0.4) is 0 Å². The van der Waals surface area contributed by atoms with Crippen molar-refractivity contribution in [3.8, 4) is 0 Å². The molecule has 0 radical (unpaired) electrons. The molecular formula is C18H35FO4. The Bertz CT molecular complexity index is 268. The van der Waals surface area contributed by atoms with E-state index in [4.69, 9.17) is 18.9 Å². The smallest absolute Gasteiger partial charge is 0.228 e. The van der Waals surface area contributed by atoms with Gasteiger partial charge in [0.1, 0.15) is 18.3 Å². The zero-order valence-corrected chi connectivity index (χ0v) is 15.3. The van der Waals surface area contributed by atoms with Crippen molar-refractivity contribution >= 4 is 0 Å². The van der Waals surface area contributed by atoms with Gasteiger partial charge in [-0.25, -0.2) is 4.39 Å². The normalized spacial score (nSPS) is 31.4. The van der Waals surface area contributed by atoms with Gasteiger partial charge in [-0.1, -0.05) is 40.0 Å². The molecule has 4 nitrogen and oxygen atoms in total. The molecule has 0 saturated carbocycles. The second kappa shape index (κ2) is 12.2. The Morgan fingerprint density at radius 2 is 1.17 bits per heavy atom. The second-order valence-corrected chi connectivity index (χ2v) is 6.26. The zero-order chi connectivity index (χ0) is 17.1. The third-order valence-electron chi connectivity index (χ3n) is 4.14. The summed E-state index contributed by atoms with van der Waals surface area (Å²) >= 11 is 0. The first-order valence-corrected chi connectivity index (χ1v) is 9.29. The lowest BCUT2D eigenvalue weighted by molar-refractivity contribution is -0.283. The lowest BCUT2D eigenvalue weighted by Gasteiger charge is -2.42. The average Bonchev–Trinajstić information content (AvgIpc) is 2.53. The molecule has 0 aromatic heterocycles. The first kappa shape index (κ1) is 20.8. The maximum Gasteiger partial charge on any atom is 0.228 e. The van der Waals surface area contributed by atoms with Gasteiger partial charge in [-0.05, 0) is 26.2 Å². The molecule has 23 heavy (non-hydrogen) atoms. The van der Waals surface area contributed by atoms with Gasteiger partial charge in [0.25, 0.3) is 0 Å². The SMILES string of the molecule is CCCCOC1[C@H](OCCCC)C(C)O[C@H](F)[C@H]1OCCCC. The molecule has 0 spiro atoms. The largest absolute Gasteiger partial charge is 0.373 e. The van der Waals surface area contributed by atoms with Crippen molar-refractivity contribution in [2.45, 2.75) is 97.0 Å². The maximum atomic E-state index is 14.4. The average molecular weight is 334 g/mol. The Kier molecular flexibility index (Phi) is 11.0. The predicted molar refractivity (Wildman–Crippen MR) is 89.4 cm³/mol. The minimum absolute atomic E-state index is 0.281. The first-order chi connectivity index (χ1) is 11.2. The first-order valence-electron chi connectivity index (χ1n) is 9.29. The number of unbranched alkanes of at least 4 members (excludes halogenated alkanes) is 3. The molecule has 1 saturated heterocycles. The van der Waals surface area contributed by atoms with Gasteiger partial charge in [-0.2, -0.15) is 0 Å². The van der Waals surface area contributed by atoms with Crippen LogP contribution in [0.5, 0.6) is 0 Å². The lowest BCUT2D eigenvalue weighted by atomic mass is 9.99. The Labute approximate surface area is 141 Å². The summed E-state index contributed by atoms with van der Waals surface area (Å²) in [6.07, 6.45) is 2.76. The number of hydrogen-bond donors (Lipinski definition) is 0. The van der Waals surface area contributed by atoms with Gasteiger partial charge >= 0.3 is 0 Å². The molecule has 0 N–H and O–H groups in total. The van der Waals surface area contributed by atoms with Crippen LogP contribution in [0.15, 0.2) is 0 Å². The van der Waals surface area contributed by atoms with Crippen LogP contribution in [0.4, 0.5) is 4.39 Å². The van der Waals surface area contributed by atoms with Crippen LogP contribution in [0, 0.1) is 0 Å². The zero-order valence-electron chi connectivity index (χ0n) is 15.3. The molecule has 5 heteroatoms. The van der Waals surface area contributed by atoms with Crippen LogP contribution in [-0.2, 0) is 18.9 Å². The van der Waals surface area contributed by atoms with Gasteiger partial charge in [0.2, 0.25) is 6.36 Å². The molecule has 0 aliphatic carbocycles. The van der Waals surface area contributed by atoms with Crippen LogP contribution < -0.4 is 0 Å². The van der Waals surface area contributed by atoms with E-state index in [-0.39, 0.29) is 12.2 Å². The highest BCUT2D eigenvalue weighted by Crippen LogP contribution is 2.29. The summed E-state index contributed by atoms with van der Waals surface area (Å²) in [5.41, 5.74) is 0. The van der Waals surface area contributed by atoms with E-state index in [1.807, 2.05) is 6.92 Å². The Balaban J connectivity index is 2.71. The van der Waals surface area contributed by atoms with Crippen molar-refractivity contribution in [2.24, 2.45) is 0 Å². The van der Waals surface area contributed by atoms with Crippen molar-refractivity contribution in [3.05, 3.63) is 0 Å². The predicted octanol–water partition coefficient (Wildman–Crippen LogP) is 4.26. The summed E-state index contributed by atoms with van der Waals surface area (Å²) in [6, 6.07) is 0. The van der Waals surface area contributed by atoms with Crippen LogP contribution in [-0.4, -0.2) is 50.6 Å². The summed E-state index contributed by atoms with van der Waals surface area (Å²) in [6.45, 7) is 9.92. The number of hydrogen-bond acceptors (Lipinski definition) is 4. The van der Waals surface area contributed by atoms with Gasteiger partial charge in [0, 0.05) is 19.8 Å². The van der Waals surface area contributed by atoms with E-state index < -0.39 is 18.6 Å². The summed E-state index contributed by atoms with van der Waals surface area (Å²) in [4.78, 5) is 0. The highest BCUT2D eigenvalue weighted by atomic mass is 19.1. The van der Waals surface area contributed by atoms with Crippen LogP contribution in [0.2, 0.25) is 0 Å². The second-order valence-electron chi connectivity index (χ2n) is 6.26. The van der Waals surface area contributed by atoms with Gasteiger partial charge in [-0.15, -0.1) is 0 Å². The molecule has 0 aromatic carbocycles. The Hall–Kier alpha value is -0.230. The van der Waals surface area contributed by atoms with Crippen LogP contribution in [0.1, 0.15) is 66.2 Å². The quantitative estimate of drug-likeness (QED) is 0.500. The molecule has 0 bridgehead atoms. The molecular weight excluding hydrogens is 299 g/mol. The van der Waals surface area contributed by atoms with Crippen molar-refractivity contribution in [1.82, 2.24) is 0 Å². The van der Waals surface area contributed by atoms with Gasteiger partial charge < -0.3 is 18.9 Å².